The van der Waals surface area contributed by atoms with Gasteiger partial charge in [-0.3, -0.25) is 14.6 Å². The highest BCUT2D eigenvalue weighted by molar-refractivity contribution is 5.81. The number of carboxylic acid groups (broad SMARTS) is 1. The number of pyridine rings is 1. The normalized spacial score (nSPS) is 26.4. The zero-order valence-electron chi connectivity index (χ0n) is 22.1. The summed E-state index contributed by atoms with van der Waals surface area (Å²) in [5.74, 6) is -0.812. The molecule has 1 saturated heterocycles. The Morgan fingerprint density at radius 3 is 2.45 bits per heavy atom. The topological polar surface area (TPSA) is 70.5 Å². The lowest BCUT2D eigenvalue weighted by Crippen LogP contribution is -2.50. The summed E-state index contributed by atoms with van der Waals surface area (Å²) in [5, 5.41) is 9.41. The van der Waals surface area contributed by atoms with E-state index >= 15 is 0 Å². The average molecular weight is 509 g/mol. The first-order chi connectivity index (χ1) is 18.4. The van der Waals surface area contributed by atoms with Crippen LogP contribution >= 0.6 is 0 Å². The molecule has 1 N–H and O–H groups in total. The van der Waals surface area contributed by atoms with Crippen LogP contribution in [0.25, 0.3) is 11.1 Å². The maximum Gasteiger partial charge on any atom is 0.306 e. The lowest BCUT2D eigenvalue weighted by Gasteiger charge is -2.44. The van der Waals surface area contributed by atoms with Crippen LogP contribution in [0.5, 0.6) is 0 Å². The van der Waals surface area contributed by atoms with Crippen molar-refractivity contribution in [1.29, 1.82) is 0 Å². The maximum absolute atomic E-state index is 13.9. The van der Waals surface area contributed by atoms with Crippen molar-refractivity contribution in [2.75, 3.05) is 6.54 Å². The number of carbonyl (C=O) groups excluding carboxylic acids is 1. The lowest BCUT2D eigenvalue weighted by atomic mass is 9.63. The minimum absolute atomic E-state index is 0.0462. The molecular weight excluding hydrogens is 472 g/mol. The predicted octanol–water partition coefficient (Wildman–Crippen LogP) is 5.98. The van der Waals surface area contributed by atoms with E-state index in [0.29, 0.717) is 25.7 Å². The number of rotatable bonds is 5. The predicted molar refractivity (Wildman–Crippen MR) is 148 cm³/mol. The van der Waals surface area contributed by atoms with Crippen molar-refractivity contribution < 1.29 is 14.7 Å². The molecule has 5 heteroatoms. The lowest BCUT2D eigenvalue weighted by molar-refractivity contribution is -0.146. The minimum Gasteiger partial charge on any atom is -0.481 e. The molecule has 2 aliphatic carbocycles. The van der Waals surface area contributed by atoms with E-state index in [2.05, 4.69) is 65.3 Å². The number of aliphatic carboxylic acids is 1. The number of hydrogen-bond acceptors (Lipinski definition) is 3. The summed E-state index contributed by atoms with van der Waals surface area (Å²) in [7, 11) is 0. The van der Waals surface area contributed by atoms with Crippen LogP contribution in [0, 0.1) is 18.8 Å². The molecule has 6 rings (SSSR count). The van der Waals surface area contributed by atoms with Crippen LogP contribution in [0.3, 0.4) is 0 Å². The van der Waals surface area contributed by atoms with E-state index in [0.717, 1.165) is 37.8 Å². The highest BCUT2D eigenvalue weighted by Crippen LogP contribution is 2.50. The molecule has 0 radical (unpaired) electrons. The monoisotopic (exact) mass is 508 g/mol. The SMILES string of the molecule is Cc1ccc(CC23CCN(C(=O)[C@H]4CC[C@H](C(=O)O)CC4)C2CCc2cc(-c4cccnc4)ccc23)cc1. The Labute approximate surface area is 224 Å². The molecule has 1 saturated carbocycles. The Hall–Kier alpha value is -3.47. The molecule has 2 unspecified atom stereocenters. The van der Waals surface area contributed by atoms with E-state index in [1.165, 1.54) is 27.8 Å². The first kappa shape index (κ1) is 24.8. The number of carbonyl (C=O) groups is 2. The maximum atomic E-state index is 13.9. The van der Waals surface area contributed by atoms with Crippen molar-refractivity contribution in [3.05, 3.63) is 89.2 Å². The smallest absolute Gasteiger partial charge is 0.306 e. The molecule has 0 bridgehead atoms. The van der Waals surface area contributed by atoms with Crippen molar-refractivity contribution in [2.24, 2.45) is 11.8 Å². The summed E-state index contributed by atoms with van der Waals surface area (Å²) < 4.78 is 0. The molecule has 1 aromatic heterocycles. The van der Waals surface area contributed by atoms with E-state index in [4.69, 9.17) is 0 Å². The van der Waals surface area contributed by atoms with Crippen molar-refractivity contribution >= 4 is 11.9 Å². The molecule has 1 aliphatic heterocycles. The van der Waals surface area contributed by atoms with Gasteiger partial charge in [0.15, 0.2) is 0 Å². The van der Waals surface area contributed by atoms with Crippen LogP contribution in [0.4, 0.5) is 0 Å². The summed E-state index contributed by atoms with van der Waals surface area (Å²) in [6.45, 7) is 2.90. The van der Waals surface area contributed by atoms with Gasteiger partial charge in [0.2, 0.25) is 5.91 Å². The van der Waals surface area contributed by atoms with Crippen LogP contribution in [0.15, 0.2) is 67.0 Å². The number of aryl methyl sites for hydroxylation is 2. The van der Waals surface area contributed by atoms with Gasteiger partial charge in [-0.25, -0.2) is 0 Å². The van der Waals surface area contributed by atoms with Gasteiger partial charge in [0.1, 0.15) is 0 Å². The van der Waals surface area contributed by atoms with E-state index in [-0.39, 0.29) is 29.2 Å². The second-order valence-corrected chi connectivity index (χ2v) is 11.7. The van der Waals surface area contributed by atoms with Crippen molar-refractivity contribution in [3.63, 3.8) is 0 Å². The Bertz CT molecular complexity index is 1330. The zero-order valence-corrected chi connectivity index (χ0v) is 22.1. The van der Waals surface area contributed by atoms with Gasteiger partial charge in [0.05, 0.1) is 5.92 Å². The molecular formula is C33H36N2O3. The van der Waals surface area contributed by atoms with E-state index in [1.54, 1.807) is 6.20 Å². The van der Waals surface area contributed by atoms with Gasteiger partial charge in [0, 0.05) is 36.3 Å². The molecule has 0 spiro atoms. The third-order valence-corrected chi connectivity index (χ3v) is 9.49. The van der Waals surface area contributed by atoms with Crippen molar-refractivity contribution in [2.45, 2.75) is 69.7 Å². The molecule has 1 amide bonds. The molecule has 3 aliphatic rings. The second kappa shape index (κ2) is 10.0. The molecule has 2 atom stereocenters. The van der Waals surface area contributed by atoms with Crippen molar-refractivity contribution in [1.82, 2.24) is 9.88 Å². The quantitative estimate of drug-likeness (QED) is 0.461. The Balaban J connectivity index is 1.33. The molecule has 196 valence electrons. The third-order valence-electron chi connectivity index (χ3n) is 9.49. The number of aromatic nitrogens is 1. The fraction of sp³-hybridized carbons (Fsp3) is 0.424. The van der Waals surface area contributed by atoms with Crippen LogP contribution in [-0.4, -0.2) is 39.5 Å². The number of carboxylic acids is 1. The van der Waals surface area contributed by atoms with Gasteiger partial charge in [-0.05, 0) is 92.2 Å². The van der Waals surface area contributed by atoms with Gasteiger partial charge < -0.3 is 10.0 Å². The van der Waals surface area contributed by atoms with Gasteiger partial charge >= 0.3 is 5.97 Å². The molecule has 2 aromatic carbocycles. The number of likely N-dealkylation sites (tertiary alicyclic amines) is 1. The summed E-state index contributed by atoms with van der Waals surface area (Å²) in [5.41, 5.74) is 7.59. The minimum atomic E-state index is -0.719. The van der Waals surface area contributed by atoms with Gasteiger partial charge in [-0.2, -0.15) is 0 Å². The average Bonchev–Trinajstić information content (AvgIpc) is 3.33. The van der Waals surface area contributed by atoms with Crippen LogP contribution in [0.2, 0.25) is 0 Å². The number of fused-ring (bicyclic) bond motifs is 3. The van der Waals surface area contributed by atoms with Gasteiger partial charge in [-0.15, -0.1) is 0 Å². The fourth-order valence-corrected chi connectivity index (χ4v) is 7.44. The van der Waals surface area contributed by atoms with E-state index in [1.807, 2.05) is 12.3 Å². The van der Waals surface area contributed by atoms with Crippen LogP contribution < -0.4 is 0 Å². The third kappa shape index (κ3) is 4.42. The summed E-state index contributed by atoms with van der Waals surface area (Å²) in [6.07, 6.45) is 10.1. The van der Waals surface area contributed by atoms with Crippen LogP contribution in [-0.2, 0) is 27.8 Å². The Morgan fingerprint density at radius 2 is 1.74 bits per heavy atom. The molecule has 3 aromatic rings. The molecule has 5 nitrogen and oxygen atoms in total. The number of benzene rings is 2. The Kier molecular flexibility index (Phi) is 6.55. The highest BCUT2D eigenvalue weighted by Gasteiger charge is 2.53. The summed E-state index contributed by atoms with van der Waals surface area (Å²) in [4.78, 5) is 31.8. The molecule has 38 heavy (non-hydrogen) atoms. The standard InChI is InChI=1S/C33H36N2O3/c1-22-4-6-23(7-5-22)20-33-16-18-35(31(36)24-8-10-25(11-9-24)32(37)38)30(33)15-13-27-19-26(12-14-29(27)33)28-3-2-17-34-21-28/h2-7,12,14,17,19,21,24-25,30H,8-11,13,15-16,18,20H2,1H3,(H,37,38)/t24-,25-,30?,33?. The summed E-state index contributed by atoms with van der Waals surface area (Å²) >= 11 is 0. The second-order valence-electron chi connectivity index (χ2n) is 11.7. The fourth-order valence-electron chi connectivity index (χ4n) is 7.44. The first-order valence-corrected chi connectivity index (χ1v) is 14.1. The molecule has 2 fully saturated rings. The van der Waals surface area contributed by atoms with Gasteiger partial charge in [0.25, 0.3) is 0 Å². The Morgan fingerprint density at radius 1 is 0.974 bits per heavy atom. The number of hydrogen-bond donors (Lipinski definition) is 1. The van der Waals surface area contributed by atoms with Crippen LogP contribution in [0.1, 0.15) is 60.8 Å². The number of amides is 1. The van der Waals surface area contributed by atoms with Gasteiger partial charge in [-0.1, -0.05) is 54.1 Å². The number of nitrogens with zero attached hydrogens (tertiary/aromatic N) is 2. The zero-order chi connectivity index (χ0) is 26.3. The van der Waals surface area contributed by atoms with Crippen molar-refractivity contribution in [3.8, 4) is 11.1 Å². The molecule has 2 heterocycles. The first-order valence-electron chi connectivity index (χ1n) is 14.1. The highest BCUT2D eigenvalue weighted by atomic mass is 16.4. The summed E-state index contributed by atoms with van der Waals surface area (Å²) in [6, 6.07) is 20.0. The van der Waals surface area contributed by atoms with E-state index in [9.17, 15) is 14.7 Å². The van der Waals surface area contributed by atoms with E-state index < -0.39 is 5.97 Å². The largest absolute Gasteiger partial charge is 0.481 e.